The summed E-state index contributed by atoms with van der Waals surface area (Å²) in [6.45, 7) is 0.420. The summed E-state index contributed by atoms with van der Waals surface area (Å²) in [6, 6.07) is 3.10. The Morgan fingerprint density at radius 1 is 1.33 bits per heavy atom. The SMILES string of the molecule is COCCCC(NC(=O)c1ccc(OC)c(O)c1)C(=O)O. The normalized spacial score (nSPS) is 11.7. The van der Waals surface area contributed by atoms with Crippen LogP contribution in [-0.4, -0.2) is 49.0 Å². The van der Waals surface area contributed by atoms with Crippen LogP contribution >= 0.6 is 0 Å². The number of phenolic OH excluding ortho intramolecular Hbond substituents is 1. The molecule has 0 aliphatic carbocycles. The molecule has 0 bridgehead atoms. The van der Waals surface area contributed by atoms with E-state index in [-0.39, 0.29) is 23.5 Å². The summed E-state index contributed by atoms with van der Waals surface area (Å²) in [5.74, 6) is -1.63. The Kier molecular flexibility index (Phi) is 6.48. The molecule has 0 spiro atoms. The number of hydrogen-bond donors (Lipinski definition) is 3. The summed E-state index contributed by atoms with van der Waals surface area (Å²) >= 11 is 0. The monoisotopic (exact) mass is 297 g/mol. The van der Waals surface area contributed by atoms with E-state index < -0.39 is 17.9 Å². The minimum Gasteiger partial charge on any atom is -0.504 e. The minimum absolute atomic E-state index is 0.159. The molecule has 1 aromatic rings. The van der Waals surface area contributed by atoms with Gasteiger partial charge in [-0.25, -0.2) is 4.79 Å². The van der Waals surface area contributed by atoms with Crippen molar-refractivity contribution in [3.63, 3.8) is 0 Å². The number of ether oxygens (including phenoxy) is 2. The van der Waals surface area contributed by atoms with Crippen LogP contribution in [-0.2, 0) is 9.53 Å². The Balaban J connectivity index is 2.72. The van der Waals surface area contributed by atoms with E-state index >= 15 is 0 Å². The van der Waals surface area contributed by atoms with Gasteiger partial charge < -0.3 is 25.0 Å². The summed E-state index contributed by atoms with van der Waals surface area (Å²) in [6.07, 6.45) is 0.776. The van der Waals surface area contributed by atoms with Gasteiger partial charge in [-0.05, 0) is 31.0 Å². The van der Waals surface area contributed by atoms with Gasteiger partial charge in [0.1, 0.15) is 6.04 Å². The Hall–Kier alpha value is -2.28. The zero-order chi connectivity index (χ0) is 15.8. The van der Waals surface area contributed by atoms with Crippen molar-refractivity contribution in [2.75, 3.05) is 20.8 Å². The molecule has 0 radical (unpaired) electrons. The summed E-state index contributed by atoms with van der Waals surface area (Å²) < 4.78 is 9.73. The number of carbonyl (C=O) groups excluding carboxylic acids is 1. The zero-order valence-electron chi connectivity index (χ0n) is 12.0. The number of nitrogens with one attached hydrogen (secondary N) is 1. The van der Waals surface area contributed by atoms with Gasteiger partial charge in [-0.15, -0.1) is 0 Å². The van der Waals surface area contributed by atoms with Crippen molar-refractivity contribution < 1.29 is 29.3 Å². The van der Waals surface area contributed by atoms with Crippen LogP contribution in [0.2, 0.25) is 0 Å². The first-order valence-corrected chi connectivity index (χ1v) is 6.39. The van der Waals surface area contributed by atoms with Gasteiger partial charge in [-0.3, -0.25) is 4.79 Å². The Labute approximate surface area is 122 Å². The van der Waals surface area contributed by atoms with Gasteiger partial charge in [0, 0.05) is 19.3 Å². The first-order valence-electron chi connectivity index (χ1n) is 6.39. The molecular formula is C14H19NO6. The van der Waals surface area contributed by atoms with E-state index in [9.17, 15) is 14.7 Å². The molecule has 116 valence electrons. The van der Waals surface area contributed by atoms with Gasteiger partial charge in [0.05, 0.1) is 7.11 Å². The molecule has 0 aliphatic rings. The van der Waals surface area contributed by atoms with Crippen molar-refractivity contribution in [2.24, 2.45) is 0 Å². The van der Waals surface area contributed by atoms with E-state index in [0.29, 0.717) is 13.0 Å². The molecule has 1 rings (SSSR count). The quantitative estimate of drug-likeness (QED) is 0.618. The van der Waals surface area contributed by atoms with Crippen LogP contribution < -0.4 is 10.1 Å². The topological polar surface area (TPSA) is 105 Å². The number of amides is 1. The zero-order valence-corrected chi connectivity index (χ0v) is 12.0. The van der Waals surface area contributed by atoms with Crippen LogP contribution in [0, 0.1) is 0 Å². The molecule has 0 saturated heterocycles. The number of rotatable bonds is 8. The number of hydrogen-bond acceptors (Lipinski definition) is 5. The third-order valence-electron chi connectivity index (χ3n) is 2.89. The minimum atomic E-state index is -1.11. The van der Waals surface area contributed by atoms with Gasteiger partial charge in [-0.1, -0.05) is 0 Å². The number of carbonyl (C=O) groups is 2. The number of benzene rings is 1. The van der Waals surface area contributed by atoms with E-state index in [2.05, 4.69) is 5.32 Å². The maximum Gasteiger partial charge on any atom is 0.326 e. The molecule has 0 aliphatic heterocycles. The summed E-state index contributed by atoms with van der Waals surface area (Å²) in [5.41, 5.74) is 0.159. The largest absolute Gasteiger partial charge is 0.504 e. The van der Waals surface area contributed by atoms with Crippen molar-refractivity contribution >= 4 is 11.9 Å². The Morgan fingerprint density at radius 2 is 2.05 bits per heavy atom. The number of aromatic hydroxyl groups is 1. The molecule has 1 amide bonds. The number of methoxy groups -OCH3 is 2. The molecule has 0 aromatic heterocycles. The first-order chi connectivity index (χ1) is 9.99. The molecule has 1 aromatic carbocycles. The molecule has 7 nitrogen and oxygen atoms in total. The average Bonchev–Trinajstić information content (AvgIpc) is 2.45. The van der Waals surface area contributed by atoms with Gasteiger partial charge in [-0.2, -0.15) is 0 Å². The van der Waals surface area contributed by atoms with E-state index in [4.69, 9.17) is 14.6 Å². The lowest BCUT2D eigenvalue weighted by molar-refractivity contribution is -0.139. The second-order valence-corrected chi connectivity index (χ2v) is 4.39. The van der Waals surface area contributed by atoms with E-state index in [0.717, 1.165) is 0 Å². The Bertz CT molecular complexity index is 502. The highest BCUT2D eigenvalue weighted by molar-refractivity contribution is 5.97. The number of aliphatic carboxylic acids is 1. The third kappa shape index (κ3) is 4.96. The van der Waals surface area contributed by atoms with Crippen molar-refractivity contribution in [2.45, 2.75) is 18.9 Å². The fraction of sp³-hybridized carbons (Fsp3) is 0.429. The van der Waals surface area contributed by atoms with E-state index in [1.165, 1.54) is 32.4 Å². The maximum absolute atomic E-state index is 12.0. The van der Waals surface area contributed by atoms with Crippen LogP contribution in [0.1, 0.15) is 23.2 Å². The number of phenols is 1. The fourth-order valence-electron chi connectivity index (χ4n) is 1.76. The smallest absolute Gasteiger partial charge is 0.326 e. The van der Waals surface area contributed by atoms with Crippen LogP contribution in [0.15, 0.2) is 18.2 Å². The van der Waals surface area contributed by atoms with E-state index in [1.807, 2.05) is 0 Å². The van der Waals surface area contributed by atoms with E-state index in [1.54, 1.807) is 0 Å². The molecule has 1 atom stereocenters. The predicted molar refractivity (Wildman–Crippen MR) is 74.7 cm³/mol. The lowest BCUT2D eigenvalue weighted by Gasteiger charge is -2.14. The standard InChI is InChI=1S/C14H19NO6/c1-20-7-3-4-10(14(18)19)15-13(17)9-5-6-12(21-2)11(16)8-9/h5-6,8,10,16H,3-4,7H2,1-2H3,(H,15,17)(H,18,19). The van der Waals surface area contributed by atoms with Crippen molar-refractivity contribution in [1.29, 1.82) is 0 Å². The molecular weight excluding hydrogens is 278 g/mol. The second-order valence-electron chi connectivity index (χ2n) is 4.39. The highest BCUT2D eigenvalue weighted by Gasteiger charge is 2.20. The van der Waals surface area contributed by atoms with Crippen molar-refractivity contribution in [3.8, 4) is 11.5 Å². The maximum atomic E-state index is 12.0. The van der Waals surface area contributed by atoms with Crippen LogP contribution in [0.4, 0.5) is 0 Å². The number of carboxylic acids is 1. The predicted octanol–water partition coefficient (Wildman–Crippen LogP) is 1.01. The second kappa shape index (κ2) is 8.11. The molecule has 21 heavy (non-hydrogen) atoms. The van der Waals surface area contributed by atoms with Crippen LogP contribution in [0.5, 0.6) is 11.5 Å². The molecule has 1 unspecified atom stereocenters. The van der Waals surface area contributed by atoms with Gasteiger partial charge in [0.15, 0.2) is 11.5 Å². The third-order valence-corrected chi connectivity index (χ3v) is 2.89. The van der Waals surface area contributed by atoms with Crippen molar-refractivity contribution in [3.05, 3.63) is 23.8 Å². The average molecular weight is 297 g/mol. The fourth-order valence-corrected chi connectivity index (χ4v) is 1.76. The highest BCUT2D eigenvalue weighted by Crippen LogP contribution is 2.26. The van der Waals surface area contributed by atoms with Gasteiger partial charge >= 0.3 is 5.97 Å². The van der Waals surface area contributed by atoms with Crippen LogP contribution in [0.3, 0.4) is 0 Å². The molecule has 0 saturated carbocycles. The van der Waals surface area contributed by atoms with Gasteiger partial charge in [0.2, 0.25) is 0 Å². The van der Waals surface area contributed by atoms with Crippen molar-refractivity contribution in [1.82, 2.24) is 5.32 Å². The lowest BCUT2D eigenvalue weighted by atomic mass is 10.1. The Morgan fingerprint density at radius 3 is 2.57 bits per heavy atom. The molecule has 0 fully saturated rings. The highest BCUT2D eigenvalue weighted by atomic mass is 16.5. The summed E-state index contributed by atoms with van der Waals surface area (Å²) in [5, 5.41) is 21.1. The molecule has 7 heteroatoms. The van der Waals surface area contributed by atoms with Gasteiger partial charge in [0.25, 0.3) is 5.91 Å². The lowest BCUT2D eigenvalue weighted by Crippen LogP contribution is -2.40. The summed E-state index contributed by atoms with van der Waals surface area (Å²) in [4.78, 5) is 23.1. The van der Waals surface area contributed by atoms with Crippen LogP contribution in [0.25, 0.3) is 0 Å². The first kappa shape index (κ1) is 16.8. The molecule has 0 heterocycles. The number of carboxylic acid groups (broad SMARTS) is 1. The molecule has 3 N–H and O–H groups in total. The summed E-state index contributed by atoms with van der Waals surface area (Å²) in [7, 11) is 2.92.